The van der Waals surface area contributed by atoms with Crippen molar-refractivity contribution in [3.63, 3.8) is 0 Å². The summed E-state index contributed by atoms with van der Waals surface area (Å²) in [4.78, 5) is 24.4. The number of hydrogen-bond donors (Lipinski definition) is 2. The Labute approximate surface area is 145 Å². The van der Waals surface area contributed by atoms with Crippen LogP contribution in [0.1, 0.15) is 28.4 Å². The van der Waals surface area contributed by atoms with Crippen molar-refractivity contribution < 1.29 is 14.3 Å². The zero-order valence-corrected chi connectivity index (χ0v) is 14.5. The van der Waals surface area contributed by atoms with E-state index in [4.69, 9.17) is 22.1 Å². The van der Waals surface area contributed by atoms with Crippen LogP contribution in [0.2, 0.25) is 5.02 Å². The molecule has 0 radical (unpaired) electrons. The number of nitrogens with one attached hydrogen (secondary N) is 1. The third-order valence-electron chi connectivity index (χ3n) is 3.54. The Hall–Kier alpha value is -2.53. The minimum Gasteiger partial charge on any atom is -0.449 e. The molecule has 126 valence electrons. The van der Waals surface area contributed by atoms with E-state index < -0.39 is 18.0 Å². The summed E-state index contributed by atoms with van der Waals surface area (Å²) in [6.45, 7) is 5.33. The fourth-order valence-electron chi connectivity index (χ4n) is 2.10. The van der Waals surface area contributed by atoms with Gasteiger partial charge in [0.2, 0.25) is 0 Å². The molecule has 0 aliphatic rings. The summed E-state index contributed by atoms with van der Waals surface area (Å²) in [5.41, 5.74) is 8.76. The average molecular weight is 347 g/mol. The Morgan fingerprint density at radius 3 is 2.54 bits per heavy atom. The molecule has 1 atom stereocenters. The molecule has 5 nitrogen and oxygen atoms in total. The molecule has 0 saturated heterocycles. The van der Waals surface area contributed by atoms with E-state index >= 15 is 0 Å². The van der Waals surface area contributed by atoms with E-state index in [9.17, 15) is 9.59 Å². The first-order valence-electron chi connectivity index (χ1n) is 7.42. The molecule has 1 amide bonds. The van der Waals surface area contributed by atoms with Crippen LogP contribution in [0.3, 0.4) is 0 Å². The maximum absolute atomic E-state index is 12.2. The van der Waals surface area contributed by atoms with Crippen molar-refractivity contribution in [2.24, 2.45) is 0 Å². The van der Waals surface area contributed by atoms with E-state index in [1.54, 1.807) is 0 Å². The molecule has 2 rings (SSSR count). The first-order valence-corrected chi connectivity index (χ1v) is 7.80. The van der Waals surface area contributed by atoms with Crippen molar-refractivity contribution in [3.8, 4) is 0 Å². The lowest BCUT2D eigenvalue weighted by Gasteiger charge is -2.15. The van der Waals surface area contributed by atoms with Crippen LogP contribution in [0.25, 0.3) is 0 Å². The molecule has 24 heavy (non-hydrogen) atoms. The lowest BCUT2D eigenvalue weighted by Crippen LogP contribution is -2.30. The van der Waals surface area contributed by atoms with Gasteiger partial charge in [-0.15, -0.1) is 0 Å². The standard InChI is InChI=1S/C18H19ClN2O3/c1-10-4-5-11(2)16(8-10)21-17(22)12(3)24-18(23)14-7-6-13(19)9-15(14)20/h4-9,12H,20H2,1-3H3,(H,21,22)/t12-/m1/s1. The summed E-state index contributed by atoms with van der Waals surface area (Å²) in [6, 6.07) is 10.2. The van der Waals surface area contributed by atoms with Crippen LogP contribution in [0.4, 0.5) is 11.4 Å². The second kappa shape index (κ2) is 7.36. The van der Waals surface area contributed by atoms with Gasteiger partial charge in [0.1, 0.15) is 0 Å². The number of esters is 1. The number of carbonyl (C=O) groups is 2. The smallest absolute Gasteiger partial charge is 0.341 e. The van der Waals surface area contributed by atoms with Crippen LogP contribution in [-0.4, -0.2) is 18.0 Å². The SMILES string of the molecule is Cc1ccc(C)c(NC(=O)[C@@H](C)OC(=O)c2ccc(Cl)cc2N)c1. The third kappa shape index (κ3) is 4.26. The van der Waals surface area contributed by atoms with Crippen molar-refractivity contribution in [1.82, 2.24) is 0 Å². The molecule has 2 aromatic carbocycles. The highest BCUT2D eigenvalue weighted by molar-refractivity contribution is 6.31. The van der Waals surface area contributed by atoms with Gasteiger partial charge in [-0.05, 0) is 56.2 Å². The number of rotatable bonds is 4. The van der Waals surface area contributed by atoms with Gasteiger partial charge in [-0.25, -0.2) is 4.79 Å². The third-order valence-corrected chi connectivity index (χ3v) is 3.77. The van der Waals surface area contributed by atoms with Gasteiger partial charge in [-0.2, -0.15) is 0 Å². The highest BCUT2D eigenvalue weighted by atomic mass is 35.5. The van der Waals surface area contributed by atoms with E-state index in [0.717, 1.165) is 11.1 Å². The number of benzene rings is 2. The molecule has 0 spiro atoms. The number of nitrogen functional groups attached to an aromatic ring is 1. The number of hydrogen-bond acceptors (Lipinski definition) is 4. The van der Waals surface area contributed by atoms with Gasteiger partial charge in [-0.1, -0.05) is 23.7 Å². The predicted octanol–water partition coefficient (Wildman–Crippen LogP) is 3.72. The normalized spacial score (nSPS) is 11.7. The van der Waals surface area contributed by atoms with Crippen LogP contribution in [-0.2, 0) is 9.53 Å². The summed E-state index contributed by atoms with van der Waals surface area (Å²) in [6.07, 6.45) is -0.965. The van der Waals surface area contributed by atoms with Crippen LogP contribution < -0.4 is 11.1 Å². The van der Waals surface area contributed by atoms with E-state index in [1.165, 1.54) is 25.1 Å². The fraction of sp³-hybridized carbons (Fsp3) is 0.222. The van der Waals surface area contributed by atoms with Gasteiger partial charge in [0.05, 0.1) is 5.56 Å². The Morgan fingerprint density at radius 1 is 1.17 bits per heavy atom. The molecule has 3 N–H and O–H groups in total. The van der Waals surface area contributed by atoms with Crippen LogP contribution in [0.15, 0.2) is 36.4 Å². The second-order valence-electron chi connectivity index (χ2n) is 5.59. The van der Waals surface area contributed by atoms with Crippen molar-refractivity contribution in [2.45, 2.75) is 26.9 Å². The maximum atomic E-state index is 12.2. The van der Waals surface area contributed by atoms with Gasteiger partial charge >= 0.3 is 5.97 Å². The maximum Gasteiger partial charge on any atom is 0.341 e. The zero-order valence-electron chi connectivity index (χ0n) is 13.7. The van der Waals surface area contributed by atoms with E-state index in [2.05, 4.69) is 5.32 Å². The summed E-state index contributed by atoms with van der Waals surface area (Å²) in [5.74, 6) is -1.09. The molecule has 2 aromatic rings. The highest BCUT2D eigenvalue weighted by Gasteiger charge is 2.21. The van der Waals surface area contributed by atoms with E-state index in [0.29, 0.717) is 10.7 Å². The summed E-state index contributed by atoms with van der Waals surface area (Å²) < 4.78 is 5.19. The van der Waals surface area contributed by atoms with Crippen molar-refractivity contribution >= 4 is 34.9 Å². The van der Waals surface area contributed by atoms with Gasteiger partial charge in [-0.3, -0.25) is 4.79 Å². The average Bonchev–Trinajstić information content (AvgIpc) is 2.50. The minimum atomic E-state index is -0.965. The number of nitrogens with two attached hydrogens (primary N) is 1. The molecule has 0 aromatic heterocycles. The first kappa shape index (κ1) is 17.8. The quantitative estimate of drug-likeness (QED) is 0.653. The molecule has 0 saturated carbocycles. The monoisotopic (exact) mass is 346 g/mol. The number of ether oxygens (including phenoxy) is 1. The highest BCUT2D eigenvalue weighted by Crippen LogP contribution is 2.20. The summed E-state index contributed by atoms with van der Waals surface area (Å²) in [5, 5.41) is 3.18. The largest absolute Gasteiger partial charge is 0.449 e. The van der Waals surface area contributed by atoms with Crippen LogP contribution in [0, 0.1) is 13.8 Å². The van der Waals surface area contributed by atoms with E-state index in [-0.39, 0.29) is 11.3 Å². The first-order chi connectivity index (χ1) is 11.3. The fourth-order valence-corrected chi connectivity index (χ4v) is 2.28. The van der Waals surface area contributed by atoms with Crippen LogP contribution in [0.5, 0.6) is 0 Å². The van der Waals surface area contributed by atoms with Gasteiger partial charge in [0.25, 0.3) is 5.91 Å². The molecule has 0 fully saturated rings. The lowest BCUT2D eigenvalue weighted by molar-refractivity contribution is -0.123. The van der Waals surface area contributed by atoms with Crippen molar-refractivity contribution in [3.05, 3.63) is 58.1 Å². The number of anilines is 2. The summed E-state index contributed by atoms with van der Waals surface area (Å²) in [7, 11) is 0. The topological polar surface area (TPSA) is 81.4 Å². The molecule has 6 heteroatoms. The van der Waals surface area contributed by atoms with Gasteiger partial charge in [0.15, 0.2) is 6.10 Å². The zero-order chi connectivity index (χ0) is 17.9. The molecular weight excluding hydrogens is 328 g/mol. The number of amides is 1. The molecule has 0 unspecified atom stereocenters. The van der Waals surface area contributed by atoms with Gasteiger partial charge in [0, 0.05) is 16.4 Å². The molecule has 0 heterocycles. The Bertz CT molecular complexity index is 790. The Kier molecular flexibility index (Phi) is 5.46. The second-order valence-corrected chi connectivity index (χ2v) is 6.02. The molecule has 0 aliphatic carbocycles. The van der Waals surface area contributed by atoms with Crippen molar-refractivity contribution in [2.75, 3.05) is 11.1 Å². The predicted molar refractivity (Wildman–Crippen MR) is 95.3 cm³/mol. The number of carbonyl (C=O) groups excluding carboxylic acids is 2. The lowest BCUT2D eigenvalue weighted by atomic mass is 10.1. The summed E-state index contributed by atoms with van der Waals surface area (Å²) >= 11 is 5.80. The molecule has 0 bridgehead atoms. The minimum absolute atomic E-state index is 0.172. The number of halogens is 1. The van der Waals surface area contributed by atoms with Crippen molar-refractivity contribution in [1.29, 1.82) is 0 Å². The Morgan fingerprint density at radius 2 is 1.88 bits per heavy atom. The number of aryl methyl sites for hydroxylation is 2. The van der Waals surface area contributed by atoms with E-state index in [1.807, 2.05) is 32.0 Å². The Balaban J connectivity index is 2.05. The molecule has 0 aliphatic heterocycles. The molecular formula is C18H19ClN2O3. The van der Waals surface area contributed by atoms with Crippen LogP contribution >= 0.6 is 11.6 Å². The van der Waals surface area contributed by atoms with Gasteiger partial charge < -0.3 is 15.8 Å².